The van der Waals surface area contributed by atoms with Crippen LogP contribution in [-0.4, -0.2) is 5.97 Å². The van der Waals surface area contributed by atoms with E-state index in [0.717, 1.165) is 27.5 Å². The largest absolute Gasteiger partial charge is 0.426 e. The molecule has 0 bridgehead atoms. The van der Waals surface area contributed by atoms with E-state index in [1.165, 1.54) is 0 Å². The van der Waals surface area contributed by atoms with Gasteiger partial charge in [0.2, 0.25) is 0 Å². The zero-order chi connectivity index (χ0) is 17.8. The molecular weight excluding hydrogens is 320 g/mol. The van der Waals surface area contributed by atoms with Gasteiger partial charge in [0.05, 0.1) is 6.42 Å². The van der Waals surface area contributed by atoms with E-state index in [-0.39, 0.29) is 12.4 Å². The Labute approximate surface area is 152 Å². The van der Waals surface area contributed by atoms with Crippen molar-refractivity contribution >= 4 is 16.7 Å². The lowest BCUT2D eigenvalue weighted by atomic mass is 10.0. The second kappa shape index (κ2) is 7.24. The van der Waals surface area contributed by atoms with Crippen LogP contribution in [0.5, 0.6) is 5.75 Å². The average Bonchev–Trinajstić information content (AvgIpc) is 2.69. The molecule has 26 heavy (non-hydrogen) atoms. The maximum absolute atomic E-state index is 12.4. The maximum Gasteiger partial charge on any atom is 0.315 e. The van der Waals surface area contributed by atoms with Crippen molar-refractivity contribution in [2.24, 2.45) is 0 Å². The highest BCUT2D eigenvalue weighted by atomic mass is 16.5. The quantitative estimate of drug-likeness (QED) is 0.355. The summed E-state index contributed by atoms with van der Waals surface area (Å²) in [5.74, 6) is 0.309. The van der Waals surface area contributed by atoms with Crippen molar-refractivity contribution in [1.82, 2.24) is 0 Å². The van der Waals surface area contributed by atoms with E-state index in [1.54, 1.807) is 0 Å². The van der Waals surface area contributed by atoms with Crippen LogP contribution in [0.2, 0.25) is 0 Å². The lowest BCUT2D eigenvalue weighted by molar-refractivity contribution is -0.133. The standard InChI is InChI=1S/C24H18O2/c25-24(17-21-11-6-10-20-9-4-5-12-23(20)21)26-22-15-13-19(14-16-22)18-7-2-1-3-8-18/h1-16H,17H2. The molecule has 0 unspecified atom stereocenters. The maximum atomic E-state index is 12.4. The molecule has 0 aromatic heterocycles. The Hall–Kier alpha value is -3.39. The van der Waals surface area contributed by atoms with Gasteiger partial charge in [0.1, 0.15) is 5.75 Å². The van der Waals surface area contributed by atoms with Crippen molar-refractivity contribution in [3.8, 4) is 16.9 Å². The summed E-state index contributed by atoms with van der Waals surface area (Å²) in [5.41, 5.74) is 3.22. The molecule has 0 N–H and O–H groups in total. The summed E-state index contributed by atoms with van der Waals surface area (Å²) in [6, 6.07) is 31.8. The van der Waals surface area contributed by atoms with Crippen molar-refractivity contribution in [3.05, 3.63) is 103 Å². The fourth-order valence-electron chi connectivity index (χ4n) is 3.12. The molecule has 0 aliphatic rings. The topological polar surface area (TPSA) is 26.3 Å². The third-order valence-electron chi connectivity index (χ3n) is 4.41. The molecule has 0 atom stereocenters. The summed E-state index contributed by atoms with van der Waals surface area (Å²) in [4.78, 5) is 12.4. The zero-order valence-electron chi connectivity index (χ0n) is 14.3. The van der Waals surface area contributed by atoms with Crippen molar-refractivity contribution < 1.29 is 9.53 Å². The molecule has 126 valence electrons. The normalized spacial score (nSPS) is 10.6. The number of rotatable bonds is 4. The smallest absolute Gasteiger partial charge is 0.315 e. The molecular formula is C24H18O2. The monoisotopic (exact) mass is 338 g/mol. The highest BCUT2D eigenvalue weighted by molar-refractivity contribution is 5.89. The van der Waals surface area contributed by atoms with Crippen molar-refractivity contribution in [3.63, 3.8) is 0 Å². The summed E-state index contributed by atoms with van der Waals surface area (Å²) in [5, 5.41) is 2.22. The zero-order valence-corrected chi connectivity index (χ0v) is 14.3. The van der Waals surface area contributed by atoms with Crippen LogP contribution in [0, 0.1) is 0 Å². The van der Waals surface area contributed by atoms with Gasteiger partial charge in [-0.1, -0.05) is 84.9 Å². The third kappa shape index (κ3) is 3.50. The highest BCUT2D eigenvalue weighted by Gasteiger charge is 2.09. The van der Waals surface area contributed by atoms with Gasteiger partial charge in [-0.3, -0.25) is 4.79 Å². The van der Waals surface area contributed by atoms with Crippen molar-refractivity contribution in [2.45, 2.75) is 6.42 Å². The summed E-state index contributed by atoms with van der Waals surface area (Å²) in [7, 11) is 0. The van der Waals surface area contributed by atoms with E-state index < -0.39 is 0 Å². The molecule has 0 aliphatic heterocycles. The second-order valence-electron chi connectivity index (χ2n) is 6.18. The molecule has 4 rings (SSSR count). The molecule has 0 heterocycles. The van der Waals surface area contributed by atoms with Crippen LogP contribution in [0.4, 0.5) is 0 Å². The number of carbonyl (C=O) groups excluding carboxylic acids is 1. The van der Waals surface area contributed by atoms with Crippen LogP contribution in [0.15, 0.2) is 97.1 Å². The van der Waals surface area contributed by atoms with Crippen LogP contribution >= 0.6 is 0 Å². The summed E-state index contributed by atoms with van der Waals surface area (Å²) >= 11 is 0. The molecule has 0 saturated carbocycles. The lowest BCUT2D eigenvalue weighted by Gasteiger charge is -2.08. The van der Waals surface area contributed by atoms with E-state index in [9.17, 15) is 4.79 Å². The molecule has 2 nitrogen and oxygen atoms in total. The van der Waals surface area contributed by atoms with E-state index >= 15 is 0 Å². The number of fused-ring (bicyclic) bond motifs is 1. The number of esters is 1. The van der Waals surface area contributed by atoms with Gasteiger partial charge < -0.3 is 4.74 Å². The number of carbonyl (C=O) groups is 1. The Morgan fingerprint density at radius 2 is 1.31 bits per heavy atom. The van der Waals surface area contributed by atoms with Crippen LogP contribution in [0.1, 0.15) is 5.56 Å². The molecule has 4 aromatic carbocycles. The van der Waals surface area contributed by atoms with Crippen molar-refractivity contribution in [2.75, 3.05) is 0 Å². The summed E-state index contributed by atoms with van der Waals surface area (Å²) in [6.45, 7) is 0. The third-order valence-corrected chi connectivity index (χ3v) is 4.41. The predicted octanol–water partition coefficient (Wildman–Crippen LogP) is 5.65. The van der Waals surface area contributed by atoms with Gasteiger partial charge in [-0.2, -0.15) is 0 Å². The minimum atomic E-state index is -0.256. The molecule has 2 heteroatoms. The first kappa shape index (κ1) is 16.1. The first-order valence-corrected chi connectivity index (χ1v) is 8.62. The SMILES string of the molecule is O=C(Cc1cccc2ccccc12)Oc1ccc(-c2ccccc2)cc1. The molecule has 0 aliphatic carbocycles. The van der Waals surface area contributed by atoms with E-state index in [1.807, 2.05) is 84.9 Å². The van der Waals surface area contributed by atoms with Crippen LogP contribution < -0.4 is 4.74 Å². The Morgan fingerprint density at radius 1 is 0.654 bits per heavy atom. The number of ether oxygens (including phenoxy) is 1. The minimum Gasteiger partial charge on any atom is -0.426 e. The van der Waals surface area contributed by atoms with Gasteiger partial charge >= 0.3 is 5.97 Å². The fraction of sp³-hybridized carbons (Fsp3) is 0.0417. The predicted molar refractivity (Wildman–Crippen MR) is 105 cm³/mol. The second-order valence-corrected chi connectivity index (χ2v) is 6.18. The van der Waals surface area contributed by atoms with E-state index in [2.05, 4.69) is 12.1 Å². The Morgan fingerprint density at radius 3 is 2.12 bits per heavy atom. The van der Waals surface area contributed by atoms with Crippen LogP contribution in [0.3, 0.4) is 0 Å². The Balaban J connectivity index is 1.48. The van der Waals surface area contributed by atoms with Crippen LogP contribution in [-0.2, 0) is 11.2 Å². The molecule has 0 radical (unpaired) electrons. The fourth-order valence-corrected chi connectivity index (χ4v) is 3.12. The first-order valence-electron chi connectivity index (χ1n) is 8.62. The lowest BCUT2D eigenvalue weighted by Crippen LogP contribution is -2.11. The van der Waals surface area contributed by atoms with Gasteiger partial charge in [0.25, 0.3) is 0 Å². The molecule has 0 amide bonds. The summed E-state index contributed by atoms with van der Waals surface area (Å²) in [6.07, 6.45) is 0.252. The number of hydrogen-bond donors (Lipinski definition) is 0. The molecule has 0 saturated heterocycles. The van der Waals surface area contributed by atoms with Gasteiger partial charge in [0.15, 0.2) is 0 Å². The highest BCUT2D eigenvalue weighted by Crippen LogP contribution is 2.23. The molecule has 0 fully saturated rings. The van der Waals surface area contributed by atoms with Crippen LogP contribution in [0.25, 0.3) is 21.9 Å². The Bertz CT molecular complexity index is 1030. The minimum absolute atomic E-state index is 0.252. The average molecular weight is 338 g/mol. The van der Waals surface area contributed by atoms with Crippen molar-refractivity contribution in [1.29, 1.82) is 0 Å². The van der Waals surface area contributed by atoms with Gasteiger partial charge in [0, 0.05) is 0 Å². The van der Waals surface area contributed by atoms with Gasteiger partial charge in [-0.15, -0.1) is 0 Å². The first-order chi connectivity index (χ1) is 12.8. The molecule has 4 aromatic rings. The van der Waals surface area contributed by atoms with Gasteiger partial charge in [-0.25, -0.2) is 0 Å². The van der Waals surface area contributed by atoms with Gasteiger partial charge in [-0.05, 0) is 39.6 Å². The number of benzene rings is 4. The van der Waals surface area contributed by atoms with E-state index in [0.29, 0.717) is 5.75 Å². The Kier molecular flexibility index (Phi) is 4.48. The molecule has 0 spiro atoms. The van der Waals surface area contributed by atoms with E-state index in [4.69, 9.17) is 4.74 Å². The summed E-state index contributed by atoms with van der Waals surface area (Å²) < 4.78 is 5.52. The number of hydrogen-bond acceptors (Lipinski definition) is 2.